The van der Waals surface area contributed by atoms with Crippen LogP contribution >= 0.6 is 22.9 Å². The van der Waals surface area contributed by atoms with Gasteiger partial charge in [0.15, 0.2) is 5.13 Å². The summed E-state index contributed by atoms with van der Waals surface area (Å²) in [5, 5.41) is 25.6. The molecule has 0 fully saturated rings. The maximum Gasteiger partial charge on any atom is 0.282 e. The van der Waals surface area contributed by atoms with Crippen LogP contribution in [0.3, 0.4) is 0 Å². The molecule has 33 heavy (non-hydrogen) atoms. The van der Waals surface area contributed by atoms with Gasteiger partial charge in [-0.15, -0.1) is 0 Å². The fraction of sp³-hybridized carbons (Fsp3) is 0. The fourth-order valence-electron chi connectivity index (χ4n) is 3.10. The summed E-state index contributed by atoms with van der Waals surface area (Å²) in [5.74, 6) is -0.672. The summed E-state index contributed by atoms with van der Waals surface area (Å²) in [4.78, 5) is 39.1. The number of nitro benzene ring substituents is 2. The largest absolute Gasteiger partial charge is 0.298 e. The van der Waals surface area contributed by atoms with Gasteiger partial charge < -0.3 is 0 Å². The molecule has 0 radical (unpaired) electrons. The first-order chi connectivity index (χ1) is 15.8. The summed E-state index contributed by atoms with van der Waals surface area (Å²) in [5.41, 5.74) is 1.44. The Morgan fingerprint density at radius 2 is 1.52 bits per heavy atom. The summed E-state index contributed by atoms with van der Waals surface area (Å²) >= 11 is 7.14. The summed E-state index contributed by atoms with van der Waals surface area (Å²) in [6.07, 6.45) is 0. The van der Waals surface area contributed by atoms with Crippen LogP contribution in [0.25, 0.3) is 21.7 Å². The van der Waals surface area contributed by atoms with Crippen molar-refractivity contribution in [3.8, 4) is 21.7 Å². The van der Waals surface area contributed by atoms with E-state index in [0.717, 1.165) is 16.9 Å². The quantitative estimate of drug-likeness (QED) is 0.258. The summed E-state index contributed by atoms with van der Waals surface area (Å²) in [6, 6.07) is 18.5. The molecule has 0 saturated heterocycles. The first-order valence-corrected chi connectivity index (χ1v) is 10.6. The number of para-hydroxylation sites is 1. The third kappa shape index (κ3) is 4.71. The zero-order chi connectivity index (χ0) is 23.5. The van der Waals surface area contributed by atoms with E-state index in [2.05, 4.69) is 10.3 Å². The van der Waals surface area contributed by atoms with Gasteiger partial charge in [0.2, 0.25) is 0 Å². The number of halogens is 1. The van der Waals surface area contributed by atoms with Gasteiger partial charge in [-0.05, 0) is 35.9 Å². The molecule has 0 atom stereocenters. The molecule has 4 aromatic rings. The molecule has 1 heterocycles. The molecule has 0 spiro atoms. The molecule has 0 bridgehead atoms. The van der Waals surface area contributed by atoms with Crippen LogP contribution in [0.2, 0.25) is 5.02 Å². The molecular weight excluding hydrogens is 468 g/mol. The average Bonchev–Trinajstić information content (AvgIpc) is 3.23. The molecule has 164 valence electrons. The monoisotopic (exact) mass is 480 g/mol. The Labute approximate surface area is 195 Å². The van der Waals surface area contributed by atoms with Gasteiger partial charge in [0.25, 0.3) is 17.3 Å². The Kier molecular flexibility index (Phi) is 6.11. The van der Waals surface area contributed by atoms with E-state index in [9.17, 15) is 25.0 Å². The van der Waals surface area contributed by atoms with Crippen LogP contribution in [0.4, 0.5) is 16.5 Å². The van der Waals surface area contributed by atoms with Gasteiger partial charge in [-0.2, -0.15) is 0 Å². The number of anilines is 1. The molecule has 4 rings (SSSR count). The van der Waals surface area contributed by atoms with Crippen molar-refractivity contribution in [2.45, 2.75) is 0 Å². The minimum atomic E-state index is -0.672. The summed E-state index contributed by atoms with van der Waals surface area (Å²) in [6.45, 7) is 0. The highest BCUT2D eigenvalue weighted by atomic mass is 35.5. The zero-order valence-electron chi connectivity index (χ0n) is 16.6. The molecule has 1 aromatic heterocycles. The molecule has 0 unspecified atom stereocenters. The van der Waals surface area contributed by atoms with E-state index >= 15 is 0 Å². The van der Waals surface area contributed by atoms with Crippen molar-refractivity contribution in [2.24, 2.45) is 0 Å². The van der Waals surface area contributed by atoms with Crippen molar-refractivity contribution < 1.29 is 14.6 Å². The van der Waals surface area contributed by atoms with Gasteiger partial charge in [-0.25, -0.2) is 4.98 Å². The van der Waals surface area contributed by atoms with Gasteiger partial charge in [0.1, 0.15) is 5.56 Å². The lowest BCUT2D eigenvalue weighted by molar-refractivity contribution is -0.385. The summed E-state index contributed by atoms with van der Waals surface area (Å²) < 4.78 is 0. The molecule has 0 aliphatic heterocycles. The van der Waals surface area contributed by atoms with Crippen molar-refractivity contribution in [1.82, 2.24) is 4.98 Å². The number of hydrogen-bond donors (Lipinski definition) is 1. The van der Waals surface area contributed by atoms with Crippen molar-refractivity contribution in [2.75, 3.05) is 5.32 Å². The lowest BCUT2D eigenvalue weighted by Crippen LogP contribution is -2.13. The van der Waals surface area contributed by atoms with Crippen molar-refractivity contribution in [1.29, 1.82) is 0 Å². The number of thiazole rings is 1. The second-order valence-corrected chi connectivity index (χ2v) is 8.17. The smallest absolute Gasteiger partial charge is 0.282 e. The van der Waals surface area contributed by atoms with Crippen molar-refractivity contribution >= 4 is 45.4 Å². The Morgan fingerprint density at radius 3 is 2.15 bits per heavy atom. The first kappa shape index (κ1) is 22.1. The van der Waals surface area contributed by atoms with Crippen molar-refractivity contribution in [3.63, 3.8) is 0 Å². The van der Waals surface area contributed by atoms with E-state index in [0.29, 0.717) is 21.2 Å². The van der Waals surface area contributed by atoms with Crippen LogP contribution in [0.1, 0.15) is 10.4 Å². The molecule has 1 amide bonds. The number of non-ortho nitro benzene ring substituents is 1. The molecule has 11 heteroatoms. The molecule has 0 aliphatic rings. The Balaban J connectivity index is 1.75. The number of rotatable bonds is 6. The first-order valence-electron chi connectivity index (χ1n) is 9.40. The van der Waals surface area contributed by atoms with E-state index in [1.165, 1.54) is 36.4 Å². The van der Waals surface area contributed by atoms with Crippen molar-refractivity contribution in [3.05, 3.63) is 104 Å². The average molecular weight is 481 g/mol. The number of nitrogens with one attached hydrogen (secondary N) is 1. The normalized spacial score (nSPS) is 10.6. The van der Waals surface area contributed by atoms with Crippen LogP contribution in [0.5, 0.6) is 0 Å². The lowest BCUT2D eigenvalue weighted by atomic mass is 10.1. The lowest BCUT2D eigenvalue weighted by Gasteiger charge is -2.03. The highest BCUT2D eigenvalue weighted by molar-refractivity contribution is 7.19. The number of nitrogens with zero attached hydrogens (tertiary/aromatic N) is 3. The van der Waals surface area contributed by atoms with Crippen LogP contribution in [0.15, 0.2) is 72.8 Å². The van der Waals surface area contributed by atoms with Crippen LogP contribution in [-0.2, 0) is 0 Å². The van der Waals surface area contributed by atoms with E-state index in [1.807, 2.05) is 0 Å². The topological polar surface area (TPSA) is 128 Å². The van der Waals surface area contributed by atoms with Crippen LogP contribution in [-0.4, -0.2) is 20.7 Å². The molecular formula is C22H13ClN4O5S. The number of aromatic nitrogens is 1. The molecule has 1 N–H and O–H groups in total. The molecule has 0 aliphatic carbocycles. The third-order valence-corrected chi connectivity index (χ3v) is 5.92. The number of benzene rings is 3. The van der Waals surface area contributed by atoms with Gasteiger partial charge in [-0.3, -0.25) is 30.3 Å². The molecule has 9 nitrogen and oxygen atoms in total. The fourth-order valence-corrected chi connectivity index (χ4v) is 4.21. The number of nitro groups is 2. The maximum atomic E-state index is 12.8. The minimum absolute atomic E-state index is 0.0544. The number of carbonyl (C=O) groups is 1. The van der Waals surface area contributed by atoms with E-state index < -0.39 is 15.8 Å². The molecule has 3 aromatic carbocycles. The number of amides is 1. The SMILES string of the molecule is O=C(Nc1nc(-c2ccc(Cl)cc2)c(-c2ccc([N+](=O)[O-])cc2)s1)c1ccccc1[N+](=O)[O-]. The Morgan fingerprint density at radius 1 is 0.879 bits per heavy atom. The van der Waals surface area contributed by atoms with E-state index in [-0.39, 0.29) is 22.1 Å². The highest BCUT2D eigenvalue weighted by Gasteiger charge is 2.22. The standard InChI is InChI=1S/C22H13ClN4O5S/c23-15-9-5-13(6-10-15)19-20(14-7-11-16(12-8-14)26(29)30)33-22(24-19)25-21(28)17-3-1-2-4-18(17)27(31)32/h1-12H,(H,24,25,28). The number of hydrogen-bond acceptors (Lipinski definition) is 7. The van der Waals surface area contributed by atoms with Gasteiger partial charge in [0.05, 0.1) is 20.4 Å². The van der Waals surface area contributed by atoms with E-state index in [1.54, 1.807) is 36.4 Å². The minimum Gasteiger partial charge on any atom is -0.298 e. The van der Waals surface area contributed by atoms with Gasteiger partial charge in [-0.1, -0.05) is 47.2 Å². The van der Waals surface area contributed by atoms with Gasteiger partial charge >= 0.3 is 0 Å². The third-order valence-electron chi connectivity index (χ3n) is 4.65. The summed E-state index contributed by atoms with van der Waals surface area (Å²) in [7, 11) is 0. The predicted octanol–water partition coefficient (Wildman–Crippen LogP) is 6.20. The second kappa shape index (κ2) is 9.15. The molecule has 0 saturated carbocycles. The van der Waals surface area contributed by atoms with Crippen LogP contribution in [0, 0.1) is 20.2 Å². The van der Waals surface area contributed by atoms with Gasteiger partial charge in [0, 0.05) is 28.8 Å². The Bertz CT molecular complexity index is 1370. The maximum absolute atomic E-state index is 12.8. The Hall–Kier alpha value is -4.15. The highest BCUT2D eigenvalue weighted by Crippen LogP contribution is 2.40. The van der Waals surface area contributed by atoms with Crippen LogP contribution < -0.4 is 5.32 Å². The zero-order valence-corrected chi connectivity index (χ0v) is 18.2. The predicted molar refractivity (Wildman–Crippen MR) is 126 cm³/mol. The van der Waals surface area contributed by atoms with E-state index in [4.69, 9.17) is 11.6 Å². The number of carbonyl (C=O) groups excluding carboxylic acids is 1. The second-order valence-electron chi connectivity index (χ2n) is 6.74.